The van der Waals surface area contributed by atoms with E-state index in [-0.39, 0.29) is 18.2 Å². The van der Waals surface area contributed by atoms with Gasteiger partial charge in [-0.15, -0.1) is 0 Å². The minimum atomic E-state index is -0.618. The van der Waals surface area contributed by atoms with Crippen LogP contribution in [0, 0.1) is 12.8 Å². The van der Waals surface area contributed by atoms with Gasteiger partial charge in [0, 0.05) is 10.9 Å². The molecule has 0 bridgehead atoms. The van der Waals surface area contributed by atoms with E-state index in [4.69, 9.17) is 9.15 Å². The first-order valence-corrected chi connectivity index (χ1v) is 7.74. The third-order valence-electron chi connectivity index (χ3n) is 3.69. The number of nitrogens with one attached hydrogen (secondary N) is 1. The molecule has 0 aliphatic rings. The zero-order valence-electron chi connectivity index (χ0n) is 14.0. The van der Waals surface area contributed by atoms with Gasteiger partial charge in [0.15, 0.2) is 0 Å². The molecule has 0 saturated carbocycles. The highest BCUT2D eigenvalue weighted by Gasteiger charge is 2.23. The number of carbonyl (C=O) groups is 2. The summed E-state index contributed by atoms with van der Waals surface area (Å²) in [7, 11) is 1.33. The molecule has 5 heteroatoms. The van der Waals surface area contributed by atoms with Crippen molar-refractivity contribution in [3.63, 3.8) is 0 Å². The highest BCUT2D eigenvalue weighted by molar-refractivity contribution is 5.90. The predicted octanol–water partition coefficient (Wildman–Crippen LogP) is 2.99. The van der Waals surface area contributed by atoms with Gasteiger partial charge >= 0.3 is 5.97 Å². The van der Waals surface area contributed by atoms with Crippen molar-refractivity contribution in [2.75, 3.05) is 7.11 Å². The van der Waals surface area contributed by atoms with E-state index >= 15 is 0 Å². The molecular weight excluding hydrogens is 294 g/mol. The monoisotopic (exact) mass is 317 g/mol. The van der Waals surface area contributed by atoms with Gasteiger partial charge in [-0.2, -0.15) is 0 Å². The Morgan fingerprint density at radius 2 is 2.04 bits per heavy atom. The van der Waals surface area contributed by atoms with Gasteiger partial charge in [0.2, 0.25) is 5.91 Å². The second kappa shape index (κ2) is 7.31. The molecule has 1 amide bonds. The Kier molecular flexibility index (Phi) is 5.42. The van der Waals surface area contributed by atoms with E-state index in [0.29, 0.717) is 6.42 Å². The molecule has 1 unspecified atom stereocenters. The average molecular weight is 317 g/mol. The maximum absolute atomic E-state index is 12.3. The van der Waals surface area contributed by atoms with E-state index in [9.17, 15) is 9.59 Å². The van der Waals surface area contributed by atoms with E-state index in [2.05, 4.69) is 5.32 Å². The molecule has 0 saturated heterocycles. The number of hydrogen-bond donors (Lipinski definition) is 1. The topological polar surface area (TPSA) is 68.5 Å². The van der Waals surface area contributed by atoms with Crippen LogP contribution >= 0.6 is 0 Å². The number of hydrogen-bond acceptors (Lipinski definition) is 4. The van der Waals surface area contributed by atoms with Crippen molar-refractivity contribution in [2.24, 2.45) is 5.92 Å². The van der Waals surface area contributed by atoms with E-state index < -0.39 is 12.0 Å². The maximum Gasteiger partial charge on any atom is 0.328 e. The second-order valence-electron chi connectivity index (χ2n) is 6.21. The molecule has 1 aromatic heterocycles. The fourth-order valence-corrected chi connectivity index (χ4v) is 2.57. The Morgan fingerprint density at radius 3 is 2.70 bits per heavy atom. The quantitative estimate of drug-likeness (QED) is 0.832. The molecule has 0 radical (unpaired) electrons. The molecule has 5 nitrogen and oxygen atoms in total. The fourth-order valence-electron chi connectivity index (χ4n) is 2.57. The molecule has 2 rings (SSSR count). The van der Waals surface area contributed by atoms with Crippen LogP contribution in [-0.4, -0.2) is 25.0 Å². The minimum absolute atomic E-state index is 0.168. The number of fused-ring (bicyclic) bond motifs is 1. The summed E-state index contributed by atoms with van der Waals surface area (Å²) in [6.45, 7) is 5.98. The van der Waals surface area contributed by atoms with Crippen LogP contribution in [0.1, 0.15) is 31.4 Å². The van der Waals surface area contributed by atoms with Crippen molar-refractivity contribution < 1.29 is 18.7 Å². The van der Waals surface area contributed by atoms with Crippen molar-refractivity contribution >= 4 is 22.8 Å². The molecule has 0 aliphatic carbocycles. The average Bonchev–Trinajstić information content (AvgIpc) is 2.87. The van der Waals surface area contributed by atoms with Crippen molar-refractivity contribution in [1.82, 2.24) is 5.32 Å². The summed E-state index contributed by atoms with van der Waals surface area (Å²) in [5.41, 5.74) is 2.68. The van der Waals surface area contributed by atoms with Crippen LogP contribution in [0.5, 0.6) is 0 Å². The molecule has 124 valence electrons. The summed E-state index contributed by atoms with van der Waals surface area (Å²) < 4.78 is 10.3. The van der Waals surface area contributed by atoms with E-state index in [0.717, 1.165) is 22.1 Å². The maximum atomic E-state index is 12.3. The van der Waals surface area contributed by atoms with Crippen molar-refractivity contribution in [2.45, 2.75) is 39.7 Å². The Labute approximate surface area is 136 Å². The van der Waals surface area contributed by atoms with Crippen LogP contribution < -0.4 is 5.32 Å². The summed E-state index contributed by atoms with van der Waals surface area (Å²) >= 11 is 0. The second-order valence-corrected chi connectivity index (χ2v) is 6.21. The lowest BCUT2D eigenvalue weighted by Gasteiger charge is -2.18. The van der Waals surface area contributed by atoms with Crippen molar-refractivity contribution in [1.29, 1.82) is 0 Å². The molecule has 1 atom stereocenters. The number of methoxy groups -OCH3 is 1. The van der Waals surface area contributed by atoms with Crippen LogP contribution in [-0.2, 0) is 20.7 Å². The summed E-state index contributed by atoms with van der Waals surface area (Å²) in [5.74, 6) is -0.360. The number of carbonyl (C=O) groups excluding carboxylic acids is 2. The largest absolute Gasteiger partial charge is 0.467 e. The third kappa shape index (κ3) is 4.34. The Bertz CT molecular complexity index is 702. The molecule has 0 aliphatic heterocycles. The molecular formula is C18H23NO4. The van der Waals surface area contributed by atoms with Crippen LogP contribution in [0.3, 0.4) is 0 Å². The molecule has 2 aromatic rings. The number of esters is 1. The number of ether oxygens (including phenoxy) is 1. The van der Waals surface area contributed by atoms with Gasteiger partial charge in [0.25, 0.3) is 0 Å². The van der Waals surface area contributed by atoms with Gasteiger partial charge in [-0.05, 0) is 30.9 Å². The standard InChI is InChI=1S/C18H23NO4/c1-11(2)7-15(18(21)22-4)19-17(20)9-13-10-23-16-8-12(3)5-6-14(13)16/h5-6,8,10-11,15H,7,9H2,1-4H3,(H,19,20). The first-order chi connectivity index (χ1) is 10.9. The summed E-state index contributed by atoms with van der Waals surface area (Å²) in [4.78, 5) is 24.1. The summed E-state index contributed by atoms with van der Waals surface area (Å²) in [5, 5.41) is 3.68. The lowest BCUT2D eigenvalue weighted by molar-refractivity contribution is -0.145. The number of benzene rings is 1. The SMILES string of the molecule is COC(=O)C(CC(C)C)NC(=O)Cc1coc2cc(C)ccc12. The van der Waals surface area contributed by atoms with Gasteiger partial charge in [-0.1, -0.05) is 26.0 Å². The number of furan rings is 1. The zero-order chi connectivity index (χ0) is 17.0. The normalized spacial score (nSPS) is 12.4. The van der Waals surface area contributed by atoms with Crippen LogP contribution in [0.2, 0.25) is 0 Å². The predicted molar refractivity (Wildman–Crippen MR) is 88.1 cm³/mol. The first-order valence-electron chi connectivity index (χ1n) is 7.74. The van der Waals surface area contributed by atoms with Gasteiger partial charge in [-0.25, -0.2) is 4.79 Å². The van der Waals surface area contributed by atoms with Crippen LogP contribution in [0.4, 0.5) is 0 Å². The van der Waals surface area contributed by atoms with Crippen molar-refractivity contribution in [3.8, 4) is 0 Å². The molecule has 1 heterocycles. The highest BCUT2D eigenvalue weighted by Crippen LogP contribution is 2.22. The van der Waals surface area contributed by atoms with Crippen LogP contribution in [0.25, 0.3) is 11.0 Å². The van der Waals surface area contributed by atoms with Gasteiger partial charge in [0.05, 0.1) is 19.8 Å². The lowest BCUT2D eigenvalue weighted by atomic mass is 10.0. The van der Waals surface area contributed by atoms with Gasteiger partial charge < -0.3 is 14.5 Å². The van der Waals surface area contributed by atoms with Gasteiger partial charge in [0.1, 0.15) is 11.6 Å². The lowest BCUT2D eigenvalue weighted by Crippen LogP contribution is -2.43. The smallest absolute Gasteiger partial charge is 0.328 e. The van der Waals surface area contributed by atoms with E-state index in [1.54, 1.807) is 6.26 Å². The Hall–Kier alpha value is -2.30. The van der Waals surface area contributed by atoms with Crippen LogP contribution in [0.15, 0.2) is 28.9 Å². The molecule has 0 fully saturated rings. The fraction of sp³-hybridized carbons (Fsp3) is 0.444. The highest BCUT2D eigenvalue weighted by atomic mass is 16.5. The number of rotatable bonds is 6. The van der Waals surface area contributed by atoms with E-state index in [1.165, 1.54) is 7.11 Å². The summed E-state index contributed by atoms with van der Waals surface area (Å²) in [6.07, 6.45) is 2.31. The summed E-state index contributed by atoms with van der Waals surface area (Å²) in [6, 6.07) is 5.25. The number of amides is 1. The number of aryl methyl sites for hydroxylation is 1. The first kappa shape index (κ1) is 17.1. The minimum Gasteiger partial charge on any atom is -0.467 e. The Balaban J connectivity index is 2.08. The third-order valence-corrected chi connectivity index (χ3v) is 3.69. The molecule has 1 aromatic carbocycles. The molecule has 23 heavy (non-hydrogen) atoms. The molecule has 1 N–H and O–H groups in total. The van der Waals surface area contributed by atoms with Gasteiger partial charge in [-0.3, -0.25) is 4.79 Å². The van der Waals surface area contributed by atoms with Crippen molar-refractivity contribution in [3.05, 3.63) is 35.6 Å². The zero-order valence-corrected chi connectivity index (χ0v) is 14.0. The molecule has 0 spiro atoms. The van der Waals surface area contributed by atoms with E-state index in [1.807, 2.05) is 39.0 Å². The Morgan fingerprint density at radius 1 is 1.30 bits per heavy atom.